The Bertz CT molecular complexity index is 417. The topological polar surface area (TPSA) is 46.3 Å². The predicted octanol–water partition coefficient (Wildman–Crippen LogP) is 2.42. The average molecular weight is 273 g/mol. The van der Waals surface area contributed by atoms with Crippen LogP contribution in [0.15, 0.2) is 18.2 Å². The number of hydrogen-bond donors (Lipinski definition) is 1. The fourth-order valence-electron chi connectivity index (χ4n) is 1.54. The number of nitrogens with two attached hydrogens (primary N) is 1. The fraction of sp³-hybridized carbons (Fsp3) is 0.462. The third-order valence-corrected chi connectivity index (χ3v) is 3.19. The third-order valence-electron chi connectivity index (χ3n) is 2.84. The molecule has 5 heteroatoms. The number of likely N-dealkylation sites (N-methyl/N-ethyl adjacent to an activating group) is 1. The Morgan fingerprint density at radius 1 is 1.50 bits per heavy atom. The van der Waals surface area contributed by atoms with Crippen molar-refractivity contribution in [2.45, 2.75) is 26.4 Å². The van der Waals surface area contributed by atoms with Gasteiger partial charge in [-0.2, -0.15) is 0 Å². The van der Waals surface area contributed by atoms with Crippen molar-refractivity contribution in [1.82, 2.24) is 4.90 Å². The van der Waals surface area contributed by atoms with E-state index in [2.05, 4.69) is 0 Å². The van der Waals surface area contributed by atoms with E-state index in [1.165, 1.54) is 17.0 Å². The normalized spacial score (nSPS) is 12.6. The van der Waals surface area contributed by atoms with Crippen LogP contribution in [-0.4, -0.2) is 23.9 Å². The smallest absolute Gasteiger partial charge is 0.239 e. The molecule has 2 N–H and O–H groups in total. The van der Waals surface area contributed by atoms with Crippen LogP contribution in [0, 0.1) is 11.7 Å². The molecule has 100 valence electrons. The predicted molar refractivity (Wildman–Crippen MR) is 70.7 cm³/mol. The van der Waals surface area contributed by atoms with Crippen LogP contribution < -0.4 is 5.73 Å². The monoisotopic (exact) mass is 272 g/mol. The zero-order valence-corrected chi connectivity index (χ0v) is 11.5. The van der Waals surface area contributed by atoms with Gasteiger partial charge in [-0.15, -0.1) is 0 Å². The first-order chi connectivity index (χ1) is 8.34. The molecule has 0 saturated heterocycles. The van der Waals surface area contributed by atoms with E-state index in [0.717, 1.165) is 0 Å². The Balaban J connectivity index is 2.82. The van der Waals surface area contributed by atoms with Gasteiger partial charge in [0.2, 0.25) is 5.91 Å². The maximum Gasteiger partial charge on any atom is 0.239 e. The van der Waals surface area contributed by atoms with Crippen molar-refractivity contribution in [2.24, 2.45) is 11.7 Å². The summed E-state index contributed by atoms with van der Waals surface area (Å²) in [5.74, 6) is -0.597. The minimum atomic E-state index is -0.583. The molecule has 0 bridgehead atoms. The highest BCUT2D eigenvalue weighted by Crippen LogP contribution is 2.20. The van der Waals surface area contributed by atoms with Gasteiger partial charge in [-0.3, -0.25) is 4.79 Å². The van der Waals surface area contributed by atoms with Crippen LogP contribution >= 0.6 is 11.6 Å². The van der Waals surface area contributed by atoms with Crippen LogP contribution in [0.5, 0.6) is 0 Å². The van der Waals surface area contributed by atoms with Gasteiger partial charge < -0.3 is 10.6 Å². The fourth-order valence-corrected chi connectivity index (χ4v) is 1.76. The van der Waals surface area contributed by atoms with Gasteiger partial charge in [0.05, 0.1) is 6.04 Å². The molecule has 0 aliphatic rings. The zero-order valence-electron chi connectivity index (χ0n) is 10.8. The highest BCUT2D eigenvalue weighted by molar-refractivity contribution is 6.31. The van der Waals surface area contributed by atoms with Crippen LogP contribution in [0.25, 0.3) is 0 Å². The van der Waals surface area contributed by atoms with Gasteiger partial charge in [0.25, 0.3) is 0 Å². The van der Waals surface area contributed by atoms with Crippen LogP contribution in [0.2, 0.25) is 5.02 Å². The van der Waals surface area contributed by atoms with Gasteiger partial charge in [-0.25, -0.2) is 4.39 Å². The third kappa shape index (κ3) is 3.43. The van der Waals surface area contributed by atoms with Crippen LogP contribution in [0.1, 0.15) is 19.4 Å². The Hall–Kier alpha value is -1.13. The highest BCUT2D eigenvalue weighted by atomic mass is 35.5. The van der Waals surface area contributed by atoms with E-state index >= 15 is 0 Å². The van der Waals surface area contributed by atoms with Gasteiger partial charge in [0.15, 0.2) is 0 Å². The molecule has 1 atom stereocenters. The number of benzene rings is 1. The molecule has 1 amide bonds. The van der Waals surface area contributed by atoms with Crippen LogP contribution in [-0.2, 0) is 11.3 Å². The quantitative estimate of drug-likeness (QED) is 0.915. The van der Waals surface area contributed by atoms with Gasteiger partial charge >= 0.3 is 0 Å². The second-order valence-corrected chi connectivity index (χ2v) is 5.07. The van der Waals surface area contributed by atoms with E-state index in [9.17, 15) is 9.18 Å². The Morgan fingerprint density at radius 2 is 2.11 bits per heavy atom. The molecule has 1 aromatic carbocycles. The molecule has 0 saturated carbocycles. The number of amides is 1. The summed E-state index contributed by atoms with van der Waals surface area (Å²) >= 11 is 5.91. The van der Waals surface area contributed by atoms with Gasteiger partial charge in [-0.1, -0.05) is 31.5 Å². The summed E-state index contributed by atoms with van der Waals surface area (Å²) in [4.78, 5) is 13.3. The molecule has 0 spiro atoms. The van der Waals surface area contributed by atoms with Crippen molar-refractivity contribution in [3.63, 3.8) is 0 Å². The summed E-state index contributed by atoms with van der Waals surface area (Å²) in [6.45, 7) is 3.85. The van der Waals surface area contributed by atoms with Crippen molar-refractivity contribution in [1.29, 1.82) is 0 Å². The Labute approximate surface area is 112 Å². The molecule has 1 aromatic rings. The first-order valence-corrected chi connectivity index (χ1v) is 6.15. The van der Waals surface area contributed by atoms with E-state index in [1.807, 2.05) is 13.8 Å². The standard InChI is InChI=1S/C13H18ClFN2O/c1-8(2)12(16)13(18)17(3)7-9-10(14)5-4-6-11(9)15/h4-6,8,12H,7,16H2,1-3H3/t12-/m1/s1. The minimum Gasteiger partial charge on any atom is -0.340 e. The maximum absolute atomic E-state index is 13.6. The zero-order chi connectivity index (χ0) is 13.9. The second-order valence-electron chi connectivity index (χ2n) is 4.66. The van der Waals surface area contributed by atoms with Gasteiger partial charge in [0.1, 0.15) is 5.82 Å². The van der Waals surface area contributed by atoms with Crippen LogP contribution in [0.4, 0.5) is 4.39 Å². The lowest BCUT2D eigenvalue weighted by atomic mass is 10.0. The number of carbonyl (C=O) groups is 1. The first-order valence-electron chi connectivity index (χ1n) is 5.78. The van der Waals surface area contributed by atoms with Crippen molar-refractivity contribution in [2.75, 3.05) is 7.05 Å². The second kappa shape index (κ2) is 6.16. The number of rotatable bonds is 4. The molecule has 0 unspecified atom stereocenters. The summed E-state index contributed by atoms with van der Waals surface area (Å²) < 4.78 is 13.6. The van der Waals surface area contributed by atoms with Gasteiger partial charge in [0, 0.05) is 24.2 Å². The van der Waals surface area contributed by atoms with Crippen molar-refractivity contribution >= 4 is 17.5 Å². The molecular formula is C13H18ClFN2O. The molecule has 0 radical (unpaired) electrons. The lowest BCUT2D eigenvalue weighted by molar-refractivity contribution is -0.132. The molecule has 0 aliphatic carbocycles. The van der Waals surface area contributed by atoms with E-state index in [-0.39, 0.29) is 18.4 Å². The first kappa shape index (κ1) is 14.9. The number of halogens is 2. The summed E-state index contributed by atoms with van der Waals surface area (Å²) in [7, 11) is 1.59. The molecule has 0 heterocycles. The van der Waals surface area contributed by atoms with E-state index in [0.29, 0.717) is 10.6 Å². The lowest BCUT2D eigenvalue weighted by Gasteiger charge is -2.24. The Kier molecular flexibility index (Phi) is 5.11. The molecule has 0 aliphatic heterocycles. The number of carbonyl (C=O) groups excluding carboxylic acids is 1. The SMILES string of the molecule is CC(C)[C@@H](N)C(=O)N(C)Cc1c(F)cccc1Cl. The van der Waals surface area contributed by atoms with Gasteiger partial charge in [-0.05, 0) is 18.1 Å². The van der Waals surface area contributed by atoms with Crippen molar-refractivity contribution in [3.05, 3.63) is 34.6 Å². The lowest BCUT2D eigenvalue weighted by Crippen LogP contribution is -2.44. The molecule has 18 heavy (non-hydrogen) atoms. The van der Waals surface area contributed by atoms with Crippen molar-refractivity contribution in [3.8, 4) is 0 Å². The number of hydrogen-bond acceptors (Lipinski definition) is 2. The minimum absolute atomic E-state index is 0.0380. The Morgan fingerprint density at radius 3 is 2.61 bits per heavy atom. The highest BCUT2D eigenvalue weighted by Gasteiger charge is 2.22. The number of nitrogens with zero attached hydrogens (tertiary/aromatic N) is 1. The molecule has 3 nitrogen and oxygen atoms in total. The van der Waals surface area contributed by atoms with Crippen LogP contribution in [0.3, 0.4) is 0 Å². The van der Waals surface area contributed by atoms with E-state index in [1.54, 1.807) is 13.1 Å². The maximum atomic E-state index is 13.6. The molecular weight excluding hydrogens is 255 g/mol. The van der Waals surface area contributed by atoms with E-state index in [4.69, 9.17) is 17.3 Å². The average Bonchev–Trinajstić information content (AvgIpc) is 2.31. The summed E-state index contributed by atoms with van der Waals surface area (Å²) in [5, 5.41) is 0.313. The largest absolute Gasteiger partial charge is 0.340 e. The summed E-state index contributed by atoms with van der Waals surface area (Å²) in [6.07, 6.45) is 0. The summed E-state index contributed by atoms with van der Waals surface area (Å²) in [6, 6.07) is 3.87. The van der Waals surface area contributed by atoms with E-state index < -0.39 is 11.9 Å². The molecule has 0 aromatic heterocycles. The summed E-state index contributed by atoms with van der Waals surface area (Å²) in [5.41, 5.74) is 6.08. The molecule has 0 fully saturated rings. The molecule has 1 rings (SSSR count). The van der Waals surface area contributed by atoms with Crippen molar-refractivity contribution < 1.29 is 9.18 Å².